The van der Waals surface area contributed by atoms with Crippen molar-refractivity contribution in [3.8, 4) is 5.88 Å². The summed E-state index contributed by atoms with van der Waals surface area (Å²) in [4.78, 5) is 14.8. The number of nitrogens with zero attached hydrogens (tertiary/aromatic N) is 2. The highest BCUT2D eigenvalue weighted by Crippen LogP contribution is 2.24. The third-order valence-corrected chi connectivity index (χ3v) is 4.99. The van der Waals surface area contributed by atoms with Gasteiger partial charge in [-0.2, -0.15) is 4.31 Å². The number of hydrogen-bond acceptors (Lipinski definition) is 5. The topological polar surface area (TPSA) is 96.8 Å². The number of carbonyl (C=O) groups is 1. The molecular formula is C12H16N2O5S. The Labute approximate surface area is 117 Å². The fraction of sp³-hybridized carbons (Fsp3) is 0.500. The smallest absolute Gasteiger partial charge is 0.307 e. The van der Waals surface area contributed by atoms with Crippen LogP contribution in [0.1, 0.15) is 13.3 Å². The number of rotatable bonds is 5. The Balaban J connectivity index is 2.16. The summed E-state index contributed by atoms with van der Waals surface area (Å²) in [6, 6.07) is 2.91. The minimum absolute atomic E-state index is 0.00484. The fourth-order valence-corrected chi connectivity index (χ4v) is 3.50. The van der Waals surface area contributed by atoms with Crippen LogP contribution >= 0.6 is 0 Å². The Morgan fingerprint density at radius 2 is 2.30 bits per heavy atom. The SMILES string of the molecule is CCOc1ccc(S(=O)(=O)N2CCC(C(=O)O)C2)cn1. The van der Waals surface area contributed by atoms with Crippen molar-refractivity contribution in [1.29, 1.82) is 0 Å². The van der Waals surface area contributed by atoms with Gasteiger partial charge < -0.3 is 9.84 Å². The van der Waals surface area contributed by atoms with Crippen molar-refractivity contribution in [2.24, 2.45) is 5.92 Å². The second-order valence-corrected chi connectivity index (χ2v) is 6.39. The maximum Gasteiger partial charge on any atom is 0.307 e. The molecule has 1 atom stereocenters. The van der Waals surface area contributed by atoms with Crippen LogP contribution in [0, 0.1) is 5.92 Å². The number of carboxylic acids is 1. The molecule has 1 saturated heterocycles. The molecule has 0 radical (unpaired) electrons. The molecule has 1 aliphatic heterocycles. The lowest BCUT2D eigenvalue weighted by molar-refractivity contribution is -0.141. The van der Waals surface area contributed by atoms with Gasteiger partial charge in [0.1, 0.15) is 4.90 Å². The van der Waals surface area contributed by atoms with Crippen LogP contribution in [0.4, 0.5) is 0 Å². The Bertz CT molecular complexity index is 584. The normalized spacial score (nSPS) is 19.9. The van der Waals surface area contributed by atoms with Crippen molar-refractivity contribution in [2.75, 3.05) is 19.7 Å². The van der Waals surface area contributed by atoms with E-state index in [4.69, 9.17) is 9.84 Å². The lowest BCUT2D eigenvalue weighted by Crippen LogP contribution is -2.30. The van der Waals surface area contributed by atoms with Crippen LogP contribution in [-0.4, -0.2) is 48.5 Å². The molecule has 0 spiro atoms. The Morgan fingerprint density at radius 1 is 1.55 bits per heavy atom. The maximum absolute atomic E-state index is 12.3. The predicted molar refractivity (Wildman–Crippen MR) is 69.9 cm³/mol. The van der Waals surface area contributed by atoms with Crippen LogP contribution in [0.25, 0.3) is 0 Å². The minimum Gasteiger partial charge on any atom is -0.481 e. The van der Waals surface area contributed by atoms with Crippen molar-refractivity contribution in [2.45, 2.75) is 18.2 Å². The molecule has 0 aliphatic carbocycles. The summed E-state index contributed by atoms with van der Waals surface area (Å²) < 4.78 is 31.0. The van der Waals surface area contributed by atoms with Crippen molar-refractivity contribution in [3.05, 3.63) is 18.3 Å². The van der Waals surface area contributed by atoms with Crippen molar-refractivity contribution < 1.29 is 23.1 Å². The second-order valence-electron chi connectivity index (χ2n) is 4.45. The standard InChI is InChI=1S/C12H16N2O5S/c1-2-19-11-4-3-10(7-13-11)20(17,18)14-6-5-9(8-14)12(15)16/h3-4,7,9H,2,5-6,8H2,1H3,(H,15,16). The molecule has 7 nitrogen and oxygen atoms in total. The van der Waals surface area contributed by atoms with Crippen LogP contribution in [0.3, 0.4) is 0 Å². The zero-order chi connectivity index (χ0) is 14.8. The first-order valence-corrected chi connectivity index (χ1v) is 7.71. The Morgan fingerprint density at radius 3 is 2.80 bits per heavy atom. The van der Waals surface area contributed by atoms with Crippen LogP contribution in [0.15, 0.2) is 23.2 Å². The van der Waals surface area contributed by atoms with E-state index < -0.39 is 21.9 Å². The highest BCUT2D eigenvalue weighted by molar-refractivity contribution is 7.89. The van der Waals surface area contributed by atoms with Crippen LogP contribution < -0.4 is 4.74 Å². The molecule has 1 aromatic heterocycles. The van der Waals surface area contributed by atoms with Crippen LogP contribution in [0.5, 0.6) is 5.88 Å². The van der Waals surface area contributed by atoms with Gasteiger partial charge in [0.05, 0.1) is 18.7 Å². The summed E-state index contributed by atoms with van der Waals surface area (Å²) in [5.41, 5.74) is 0. The van der Waals surface area contributed by atoms with Gasteiger partial charge in [0.15, 0.2) is 0 Å². The highest BCUT2D eigenvalue weighted by Gasteiger charge is 2.35. The largest absolute Gasteiger partial charge is 0.481 e. The first kappa shape index (κ1) is 14.7. The summed E-state index contributed by atoms with van der Waals surface area (Å²) in [7, 11) is -3.68. The number of sulfonamides is 1. The van der Waals surface area contributed by atoms with Crippen LogP contribution in [0.2, 0.25) is 0 Å². The van der Waals surface area contributed by atoms with E-state index in [1.165, 1.54) is 22.6 Å². The quantitative estimate of drug-likeness (QED) is 0.854. The Hall–Kier alpha value is -1.67. The summed E-state index contributed by atoms with van der Waals surface area (Å²) >= 11 is 0. The number of ether oxygens (including phenoxy) is 1. The molecule has 2 heterocycles. The second kappa shape index (κ2) is 5.76. The van der Waals surface area contributed by atoms with Gasteiger partial charge in [-0.3, -0.25) is 4.79 Å². The van der Waals surface area contributed by atoms with E-state index in [0.717, 1.165) is 0 Å². The molecule has 2 rings (SSSR count). The van der Waals surface area contributed by atoms with E-state index in [-0.39, 0.29) is 18.0 Å². The van der Waals surface area contributed by atoms with Gasteiger partial charge in [-0.05, 0) is 19.4 Å². The van der Waals surface area contributed by atoms with E-state index in [0.29, 0.717) is 18.9 Å². The zero-order valence-electron chi connectivity index (χ0n) is 11.0. The predicted octanol–water partition coefficient (Wildman–Crippen LogP) is 0.575. The number of carboxylic acid groups (broad SMARTS) is 1. The minimum atomic E-state index is -3.68. The molecule has 0 saturated carbocycles. The fourth-order valence-electron chi connectivity index (χ4n) is 2.05. The molecule has 1 fully saturated rings. The van der Waals surface area contributed by atoms with Crippen LogP contribution in [-0.2, 0) is 14.8 Å². The van der Waals surface area contributed by atoms with Gasteiger partial charge in [0, 0.05) is 19.2 Å². The molecule has 20 heavy (non-hydrogen) atoms. The van der Waals surface area contributed by atoms with Gasteiger partial charge in [0.2, 0.25) is 15.9 Å². The van der Waals surface area contributed by atoms with Crippen molar-refractivity contribution in [1.82, 2.24) is 9.29 Å². The molecule has 8 heteroatoms. The van der Waals surface area contributed by atoms with Gasteiger partial charge >= 0.3 is 5.97 Å². The number of pyridine rings is 1. The zero-order valence-corrected chi connectivity index (χ0v) is 11.8. The highest BCUT2D eigenvalue weighted by atomic mass is 32.2. The maximum atomic E-state index is 12.3. The number of aliphatic carboxylic acids is 1. The molecule has 1 aromatic rings. The summed E-state index contributed by atoms with van der Waals surface area (Å²) in [6.07, 6.45) is 1.56. The summed E-state index contributed by atoms with van der Waals surface area (Å²) in [5, 5.41) is 8.91. The average Bonchev–Trinajstić information content (AvgIpc) is 2.90. The Kier molecular flexibility index (Phi) is 4.24. The van der Waals surface area contributed by atoms with Crippen molar-refractivity contribution >= 4 is 16.0 Å². The van der Waals surface area contributed by atoms with E-state index in [1.54, 1.807) is 0 Å². The third-order valence-electron chi connectivity index (χ3n) is 3.14. The van der Waals surface area contributed by atoms with Gasteiger partial charge in [-0.25, -0.2) is 13.4 Å². The monoisotopic (exact) mass is 300 g/mol. The van der Waals surface area contributed by atoms with E-state index in [9.17, 15) is 13.2 Å². The lowest BCUT2D eigenvalue weighted by atomic mass is 10.1. The van der Waals surface area contributed by atoms with Crippen molar-refractivity contribution in [3.63, 3.8) is 0 Å². The summed E-state index contributed by atoms with van der Waals surface area (Å²) in [6.45, 7) is 2.48. The molecule has 1 aliphatic rings. The molecule has 1 N–H and O–H groups in total. The van der Waals surface area contributed by atoms with E-state index in [1.807, 2.05) is 6.92 Å². The van der Waals surface area contributed by atoms with Gasteiger partial charge in [0.25, 0.3) is 0 Å². The lowest BCUT2D eigenvalue weighted by Gasteiger charge is -2.15. The number of aromatic nitrogens is 1. The summed E-state index contributed by atoms with van der Waals surface area (Å²) in [5.74, 6) is -1.25. The molecule has 0 aromatic carbocycles. The molecule has 1 unspecified atom stereocenters. The third kappa shape index (κ3) is 2.91. The van der Waals surface area contributed by atoms with Gasteiger partial charge in [-0.15, -0.1) is 0 Å². The molecular weight excluding hydrogens is 284 g/mol. The number of hydrogen-bond donors (Lipinski definition) is 1. The molecule has 0 bridgehead atoms. The van der Waals surface area contributed by atoms with E-state index in [2.05, 4.69) is 4.98 Å². The molecule has 110 valence electrons. The molecule has 0 amide bonds. The van der Waals surface area contributed by atoms with Gasteiger partial charge in [-0.1, -0.05) is 0 Å². The van der Waals surface area contributed by atoms with E-state index >= 15 is 0 Å². The first-order valence-electron chi connectivity index (χ1n) is 6.27. The first-order chi connectivity index (χ1) is 9.45. The average molecular weight is 300 g/mol.